The summed E-state index contributed by atoms with van der Waals surface area (Å²) in [5, 5.41) is 5.95. The van der Waals surface area contributed by atoms with Crippen LogP contribution in [-0.2, 0) is 13.0 Å². The highest BCUT2D eigenvalue weighted by Gasteiger charge is 2.08. The number of para-hydroxylation sites is 1. The number of anilines is 1. The van der Waals surface area contributed by atoms with Crippen molar-refractivity contribution >= 4 is 11.6 Å². The van der Waals surface area contributed by atoms with Crippen molar-refractivity contribution in [1.82, 2.24) is 10.3 Å². The second-order valence-corrected chi connectivity index (χ2v) is 6.19. The van der Waals surface area contributed by atoms with Gasteiger partial charge in [-0.15, -0.1) is 0 Å². The van der Waals surface area contributed by atoms with Gasteiger partial charge in [0.25, 0.3) is 5.91 Å². The molecular formula is C22H22FN3O2. The lowest BCUT2D eigenvalue weighted by Gasteiger charge is -2.10. The molecule has 0 aliphatic heterocycles. The predicted molar refractivity (Wildman–Crippen MR) is 107 cm³/mol. The molecule has 144 valence electrons. The van der Waals surface area contributed by atoms with Gasteiger partial charge >= 0.3 is 0 Å². The molecule has 0 aliphatic rings. The number of aromatic nitrogens is 1. The van der Waals surface area contributed by atoms with Crippen LogP contribution >= 0.6 is 0 Å². The van der Waals surface area contributed by atoms with E-state index in [2.05, 4.69) is 15.6 Å². The van der Waals surface area contributed by atoms with E-state index < -0.39 is 0 Å². The summed E-state index contributed by atoms with van der Waals surface area (Å²) in [6.07, 6.45) is 2.41. The molecular weight excluding hydrogens is 357 g/mol. The summed E-state index contributed by atoms with van der Waals surface area (Å²) in [6.45, 7) is 0.826. The fourth-order valence-electron chi connectivity index (χ4n) is 2.79. The zero-order chi connectivity index (χ0) is 19.8. The Morgan fingerprint density at radius 2 is 1.79 bits per heavy atom. The molecule has 0 fully saturated rings. The van der Waals surface area contributed by atoms with Gasteiger partial charge in [0, 0.05) is 18.7 Å². The number of rotatable bonds is 8. The van der Waals surface area contributed by atoms with Crippen molar-refractivity contribution in [3.8, 4) is 5.75 Å². The molecule has 0 spiro atoms. The molecule has 3 aromatic rings. The van der Waals surface area contributed by atoms with Gasteiger partial charge in [-0.25, -0.2) is 9.37 Å². The third kappa shape index (κ3) is 5.07. The molecule has 0 unspecified atom stereocenters. The van der Waals surface area contributed by atoms with Crippen molar-refractivity contribution in [2.45, 2.75) is 13.0 Å². The number of ether oxygens (including phenoxy) is 1. The van der Waals surface area contributed by atoms with E-state index >= 15 is 0 Å². The third-order valence-corrected chi connectivity index (χ3v) is 4.31. The van der Waals surface area contributed by atoms with Crippen LogP contribution < -0.4 is 15.4 Å². The van der Waals surface area contributed by atoms with Crippen LogP contribution in [-0.4, -0.2) is 24.5 Å². The van der Waals surface area contributed by atoms with Gasteiger partial charge in [0.05, 0.1) is 19.0 Å². The lowest BCUT2D eigenvalue weighted by atomic mass is 10.1. The van der Waals surface area contributed by atoms with Crippen molar-refractivity contribution in [2.24, 2.45) is 0 Å². The number of halogens is 1. The lowest BCUT2D eigenvalue weighted by molar-refractivity contribution is 0.0945. The standard InChI is InChI=1S/C22H22FN3O2/c1-28-21-9-5-3-6-16(21)12-13-24-18-10-11-20(25-15-18)22(27)26-14-17-7-2-4-8-19(17)23/h2-11,15,24H,12-14H2,1H3,(H,26,27). The number of nitrogens with one attached hydrogen (secondary N) is 2. The SMILES string of the molecule is COc1ccccc1CCNc1ccc(C(=O)NCc2ccccc2F)nc1. The molecule has 6 heteroatoms. The normalized spacial score (nSPS) is 10.4. The van der Waals surface area contributed by atoms with Crippen molar-refractivity contribution in [3.63, 3.8) is 0 Å². The Morgan fingerprint density at radius 1 is 1.04 bits per heavy atom. The number of benzene rings is 2. The van der Waals surface area contributed by atoms with Crippen LogP contribution in [0.3, 0.4) is 0 Å². The fraction of sp³-hybridized carbons (Fsp3) is 0.182. The van der Waals surface area contributed by atoms with Gasteiger partial charge in [-0.05, 0) is 36.2 Å². The van der Waals surface area contributed by atoms with Crippen LogP contribution in [0.5, 0.6) is 5.75 Å². The van der Waals surface area contributed by atoms with Crippen molar-refractivity contribution in [2.75, 3.05) is 19.0 Å². The monoisotopic (exact) mass is 379 g/mol. The smallest absolute Gasteiger partial charge is 0.270 e. The van der Waals surface area contributed by atoms with Crippen molar-refractivity contribution in [1.29, 1.82) is 0 Å². The first kappa shape index (κ1) is 19.4. The predicted octanol–water partition coefficient (Wildman–Crippen LogP) is 3.81. The first-order valence-electron chi connectivity index (χ1n) is 9.01. The Balaban J connectivity index is 1.50. The summed E-state index contributed by atoms with van der Waals surface area (Å²) < 4.78 is 18.9. The van der Waals surface area contributed by atoms with E-state index in [1.807, 2.05) is 24.3 Å². The Kier molecular flexibility index (Phi) is 6.57. The largest absolute Gasteiger partial charge is 0.496 e. The molecule has 2 aromatic carbocycles. The van der Waals surface area contributed by atoms with Crippen LogP contribution in [0.15, 0.2) is 66.9 Å². The topological polar surface area (TPSA) is 63.2 Å². The van der Waals surface area contributed by atoms with E-state index in [0.29, 0.717) is 12.1 Å². The van der Waals surface area contributed by atoms with Crippen LogP contribution in [0.4, 0.5) is 10.1 Å². The van der Waals surface area contributed by atoms with Gasteiger partial charge in [-0.2, -0.15) is 0 Å². The maximum absolute atomic E-state index is 13.6. The van der Waals surface area contributed by atoms with E-state index in [0.717, 1.165) is 23.4 Å². The van der Waals surface area contributed by atoms with Crippen LogP contribution in [0, 0.1) is 5.82 Å². The van der Waals surface area contributed by atoms with Gasteiger partial charge in [-0.3, -0.25) is 4.79 Å². The summed E-state index contributed by atoms with van der Waals surface area (Å²) in [5.74, 6) is 0.179. The van der Waals surface area contributed by atoms with Gasteiger partial charge < -0.3 is 15.4 Å². The second kappa shape index (κ2) is 9.50. The first-order chi connectivity index (χ1) is 13.7. The summed E-state index contributed by atoms with van der Waals surface area (Å²) in [4.78, 5) is 16.4. The van der Waals surface area contributed by atoms with Gasteiger partial charge in [0.1, 0.15) is 17.3 Å². The molecule has 0 bridgehead atoms. The summed E-state index contributed by atoms with van der Waals surface area (Å²) in [7, 11) is 1.66. The highest BCUT2D eigenvalue weighted by molar-refractivity contribution is 5.92. The van der Waals surface area contributed by atoms with E-state index in [1.165, 1.54) is 6.07 Å². The molecule has 1 aromatic heterocycles. The molecule has 0 atom stereocenters. The maximum Gasteiger partial charge on any atom is 0.270 e. The molecule has 28 heavy (non-hydrogen) atoms. The summed E-state index contributed by atoms with van der Waals surface area (Å²) in [5.41, 5.74) is 2.66. The maximum atomic E-state index is 13.6. The summed E-state index contributed by atoms with van der Waals surface area (Å²) in [6, 6.07) is 17.7. The zero-order valence-corrected chi connectivity index (χ0v) is 15.6. The zero-order valence-electron chi connectivity index (χ0n) is 15.6. The van der Waals surface area contributed by atoms with E-state index in [-0.39, 0.29) is 24.0 Å². The molecule has 0 saturated carbocycles. The number of hydrogen-bond acceptors (Lipinski definition) is 4. The fourth-order valence-corrected chi connectivity index (χ4v) is 2.79. The minimum absolute atomic E-state index is 0.117. The van der Waals surface area contributed by atoms with Gasteiger partial charge in [0.15, 0.2) is 0 Å². The number of methoxy groups -OCH3 is 1. The number of amides is 1. The molecule has 1 amide bonds. The average Bonchev–Trinajstić information content (AvgIpc) is 2.74. The molecule has 5 nitrogen and oxygen atoms in total. The number of nitrogens with zero attached hydrogens (tertiary/aromatic N) is 1. The number of carbonyl (C=O) groups excluding carboxylic acids is 1. The van der Waals surface area contributed by atoms with Crippen molar-refractivity contribution in [3.05, 3.63) is 89.5 Å². The molecule has 0 radical (unpaired) electrons. The van der Waals surface area contributed by atoms with Crippen molar-refractivity contribution < 1.29 is 13.9 Å². The number of hydrogen-bond donors (Lipinski definition) is 2. The average molecular weight is 379 g/mol. The number of pyridine rings is 1. The minimum Gasteiger partial charge on any atom is -0.496 e. The van der Waals surface area contributed by atoms with Gasteiger partial charge in [0.2, 0.25) is 0 Å². The molecule has 3 rings (SSSR count). The Labute approximate surface area is 163 Å². The van der Waals surface area contributed by atoms with Crippen LogP contribution in [0.1, 0.15) is 21.6 Å². The van der Waals surface area contributed by atoms with Gasteiger partial charge in [-0.1, -0.05) is 36.4 Å². The summed E-state index contributed by atoms with van der Waals surface area (Å²) >= 11 is 0. The van der Waals surface area contributed by atoms with E-state index in [9.17, 15) is 9.18 Å². The van der Waals surface area contributed by atoms with E-state index in [4.69, 9.17) is 4.74 Å². The molecule has 2 N–H and O–H groups in total. The Hall–Kier alpha value is -3.41. The second-order valence-electron chi connectivity index (χ2n) is 6.19. The van der Waals surface area contributed by atoms with Crippen LogP contribution in [0.2, 0.25) is 0 Å². The van der Waals surface area contributed by atoms with Crippen LogP contribution in [0.25, 0.3) is 0 Å². The third-order valence-electron chi connectivity index (χ3n) is 4.31. The quantitative estimate of drug-likeness (QED) is 0.625. The minimum atomic E-state index is -0.344. The van der Waals surface area contributed by atoms with E-state index in [1.54, 1.807) is 43.6 Å². The highest BCUT2D eigenvalue weighted by Crippen LogP contribution is 2.18. The molecule has 0 saturated heterocycles. The molecule has 0 aliphatic carbocycles. The highest BCUT2D eigenvalue weighted by atomic mass is 19.1. The number of carbonyl (C=O) groups is 1. The first-order valence-corrected chi connectivity index (χ1v) is 9.01. The molecule has 1 heterocycles. The Bertz CT molecular complexity index is 929. The Morgan fingerprint density at radius 3 is 2.50 bits per heavy atom. The lowest BCUT2D eigenvalue weighted by Crippen LogP contribution is -2.24.